The van der Waals surface area contributed by atoms with Crippen molar-refractivity contribution in [3.05, 3.63) is 63.6 Å². The summed E-state index contributed by atoms with van der Waals surface area (Å²) in [6.07, 6.45) is 0. The van der Waals surface area contributed by atoms with Gasteiger partial charge in [-0.15, -0.1) is 0 Å². The van der Waals surface area contributed by atoms with Crippen LogP contribution in [-0.2, 0) is 6.54 Å². The van der Waals surface area contributed by atoms with Gasteiger partial charge in [0.2, 0.25) is 0 Å². The third kappa shape index (κ3) is 3.58. The second-order valence-corrected chi connectivity index (χ2v) is 5.66. The Morgan fingerprint density at radius 1 is 1.21 bits per heavy atom. The van der Waals surface area contributed by atoms with Crippen molar-refractivity contribution < 1.29 is 5.11 Å². The maximum absolute atomic E-state index is 9.98. The van der Waals surface area contributed by atoms with Gasteiger partial charge in [0.1, 0.15) is 5.75 Å². The molecule has 3 heteroatoms. The van der Waals surface area contributed by atoms with Crippen LogP contribution in [-0.4, -0.2) is 5.11 Å². The molecule has 2 N–H and O–H groups in total. The van der Waals surface area contributed by atoms with E-state index in [1.807, 2.05) is 37.3 Å². The Balaban J connectivity index is 2.04. The molecule has 0 saturated heterocycles. The zero-order valence-electron chi connectivity index (χ0n) is 11.2. The van der Waals surface area contributed by atoms with Crippen LogP contribution in [0.4, 0.5) is 0 Å². The largest absolute Gasteiger partial charge is 0.507 e. The molecule has 0 aliphatic heterocycles. The third-order valence-corrected chi connectivity index (χ3v) is 3.76. The van der Waals surface area contributed by atoms with Gasteiger partial charge < -0.3 is 10.4 Å². The molecule has 0 bridgehead atoms. The fourth-order valence-corrected chi connectivity index (χ4v) is 2.44. The highest BCUT2D eigenvalue weighted by molar-refractivity contribution is 9.10. The Kier molecular flexibility index (Phi) is 4.61. The average molecular weight is 320 g/mol. The summed E-state index contributed by atoms with van der Waals surface area (Å²) in [5.74, 6) is 0.386. The summed E-state index contributed by atoms with van der Waals surface area (Å²) < 4.78 is 1.08. The lowest BCUT2D eigenvalue weighted by molar-refractivity contribution is 0.456. The van der Waals surface area contributed by atoms with Gasteiger partial charge in [0.25, 0.3) is 0 Å². The lowest BCUT2D eigenvalue weighted by atomic mass is 10.1. The standard InChI is InChI=1S/C16H18BrNO/c1-11-5-3-7-14(16(11)19)10-18-12(2)13-6-4-8-15(17)9-13/h3-9,12,18-19H,10H2,1-2H3/t12-/m1/s1. The van der Waals surface area contributed by atoms with Gasteiger partial charge in [0.15, 0.2) is 0 Å². The molecule has 2 aromatic rings. The van der Waals surface area contributed by atoms with Gasteiger partial charge in [-0.3, -0.25) is 0 Å². The first kappa shape index (κ1) is 14.1. The van der Waals surface area contributed by atoms with Gasteiger partial charge in [-0.05, 0) is 37.1 Å². The molecule has 0 fully saturated rings. The molecule has 0 unspecified atom stereocenters. The third-order valence-electron chi connectivity index (χ3n) is 3.27. The van der Waals surface area contributed by atoms with E-state index in [0.29, 0.717) is 12.3 Å². The van der Waals surface area contributed by atoms with E-state index in [-0.39, 0.29) is 6.04 Å². The first-order valence-electron chi connectivity index (χ1n) is 6.34. The number of aromatic hydroxyl groups is 1. The van der Waals surface area contributed by atoms with Crippen LogP contribution in [0.5, 0.6) is 5.75 Å². The number of phenols is 1. The molecule has 2 rings (SSSR count). The molecule has 0 saturated carbocycles. The van der Waals surface area contributed by atoms with Gasteiger partial charge in [-0.25, -0.2) is 0 Å². The van der Waals surface area contributed by atoms with Crippen molar-refractivity contribution in [3.8, 4) is 5.75 Å². The maximum Gasteiger partial charge on any atom is 0.122 e. The Bertz CT molecular complexity index is 568. The van der Waals surface area contributed by atoms with Crippen molar-refractivity contribution in [1.29, 1.82) is 0 Å². The number of hydrogen-bond donors (Lipinski definition) is 2. The molecule has 100 valence electrons. The molecule has 0 radical (unpaired) electrons. The van der Waals surface area contributed by atoms with Crippen LogP contribution in [0, 0.1) is 6.92 Å². The van der Waals surface area contributed by atoms with Gasteiger partial charge >= 0.3 is 0 Å². The Hall–Kier alpha value is -1.32. The van der Waals surface area contributed by atoms with Gasteiger partial charge in [-0.2, -0.15) is 0 Å². The fourth-order valence-electron chi connectivity index (χ4n) is 2.02. The summed E-state index contributed by atoms with van der Waals surface area (Å²) in [4.78, 5) is 0. The first-order chi connectivity index (χ1) is 9.08. The van der Waals surface area contributed by atoms with Crippen molar-refractivity contribution >= 4 is 15.9 Å². The van der Waals surface area contributed by atoms with Crippen LogP contribution in [0.25, 0.3) is 0 Å². The Morgan fingerprint density at radius 2 is 1.95 bits per heavy atom. The van der Waals surface area contributed by atoms with Crippen LogP contribution in [0.3, 0.4) is 0 Å². The minimum atomic E-state index is 0.234. The van der Waals surface area contributed by atoms with Crippen LogP contribution < -0.4 is 5.32 Å². The molecule has 0 heterocycles. The van der Waals surface area contributed by atoms with Crippen LogP contribution in [0.1, 0.15) is 29.7 Å². The molecular weight excluding hydrogens is 302 g/mol. The Labute approximate surface area is 122 Å². The lowest BCUT2D eigenvalue weighted by Crippen LogP contribution is -2.18. The number of hydrogen-bond acceptors (Lipinski definition) is 2. The SMILES string of the molecule is Cc1cccc(CN[C@H](C)c2cccc(Br)c2)c1O. The zero-order valence-corrected chi connectivity index (χ0v) is 12.7. The first-order valence-corrected chi connectivity index (χ1v) is 7.13. The van der Waals surface area contributed by atoms with Crippen LogP contribution in [0.15, 0.2) is 46.9 Å². The van der Waals surface area contributed by atoms with E-state index < -0.39 is 0 Å². The number of halogens is 1. The summed E-state index contributed by atoms with van der Waals surface area (Å²) in [5.41, 5.74) is 3.07. The zero-order chi connectivity index (χ0) is 13.8. The normalized spacial score (nSPS) is 12.4. The number of aryl methyl sites for hydroxylation is 1. The molecule has 2 aromatic carbocycles. The predicted octanol–water partition coefficient (Wildman–Crippen LogP) is 4.31. The van der Waals surface area contributed by atoms with E-state index in [1.54, 1.807) is 0 Å². The van der Waals surface area contributed by atoms with Gasteiger partial charge in [0.05, 0.1) is 0 Å². The second kappa shape index (κ2) is 6.22. The molecule has 2 nitrogen and oxygen atoms in total. The number of nitrogens with one attached hydrogen (secondary N) is 1. The predicted molar refractivity (Wildman–Crippen MR) is 82.2 cm³/mol. The van der Waals surface area contributed by atoms with Crippen molar-refractivity contribution in [2.45, 2.75) is 26.4 Å². The van der Waals surface area contributed by atoms with E-state index >= 15 is 0 Å². The molecule has 19 heavy (non-hydrogen) atoms. The van der Waals surface area contributed by atoms with Crippen molar-refractivity contribution in [2.75, 3.05) is 0 Å². The Morgan fingerprint density at radius 3 is 2.68 bits per heavy atom. The van der Waals surface area contributed by atoms with Crippen molar-refractivity contribution in [1.82, 2.24) is 5.32 Å². The van der Waals surface area contributed by atoms with Gasteiger partial charge in [0, 0.05) is 22.6 Å². The molecule has 0 amide bonds. The summed E-state index contributed by atoms with van der Waals surface area (Å²) in [6, 6.07) is 14.3. The lowest BCUT2D eigenvalue weighted by Gasteiger charge is -2.15. The highest BCUT2D eigenvalue weighted by atomic mass is 79.9. The average Bonchev–Trinajstić information content (AvgIpc) is 2.40. The summed E-state index contributed by atoms with van der Waals surface area (Å²) >= 11 is 3.48. The topological polar surface area (TPSA) is 32.3 Å². The quantitative estimate of drug-likeness (QED) is 0.879. The monoisotopic (exact) mass is 319 g/mol. The number of para-hydroxylation sites is 1. The van der Waals surface area contributed by atoms with E-state index in [9.17, 15) is 5.11 Å². The molecule has 0 aliphatic carbocycles. The minimum Gasteiger partial charge on any atom is -0.507 e. The second-order valence-electron chi connectivity index (χ2n) is 4.74. The maximum atomic E-state index is 9.98. The van der Waals surface area contributed by atoms with E-state index in [0.717, 1.165) is 15.6 Å². The number of phenolic OH excluding ortho intramolecular Hbond substituents is 1. The minimum absolute atomic E-state index is 0.234. The molecule has 0 aliphatic rings. The highest BCUT2D eigenvalue weighted by Crippen LogP contribution is 2.23. The highest BCUT2D eigenvalue weighted by Gasteiger charge is 2.08. The van der Waals surface area contributed by atoms with E-state index in [1.165, 1.54) is 5.56 Å². The smallest absolute Gasteiger partial charge is 0.122 e. The van der Waals surface area contributed by atoms with Crippen LogP contribution >= 0.6 is 15.9 Å². The van der Waals surface area contributed by atoms with Crippen molar-refractivity contribution in [3.63, 3.8) is 0 Å². The molecule has 0 aromatic heterocycles. The van der Waals surface area contributed by atoms with E-state index in [4.69, 9.17) is 0 Å². The number of benzene rings is 2. The summed E-state index contributed by atoms with van der Waals surface area (Å²) in [5, 5.41) is 13.4. The van der Waals surface area contributed by atoms with Gasteiger partial charge in [-0.1, -0.05) is 46.3 Å². The fraction of sp³-hybridized carbons (Fsp3) is 0.250. The molecule has 0 spiro atoms. The number of rotatable bonds is 4. The van der Waals surface area contributed by atoms with Crippen molar-refractivity contribution in [2.24, 2.45) is 0 Å². The van der Waals surface area contributed by atoms with E-state index in [2.05, 4.69) is 40.3 Å². The summed E-state index contributed by atoms with van der Waals surface area (Å²) in [7, 11) is 0. The molecular formula is C16H18BrNO. The molecule has 1 atom stereocenters. The van der Waals surface area contributed by atoms with Crippen LogP contribution in [0.2, 0.25) is 0 Å². The summed E-state index contributed by atoms with van der Waals surface area (Å²) in [6.45, 7) is 4.69.